The van der Waals surface area contributed by atoms with E-state index in [2.05, 4.69) is 9.97 Å². The standard InChI is InChI=1S/C13H19N3O3/c1-2-6-19-12-8-11(14-9-15-12)16-5-3-4-10(16)7-13(17)18/h8-10H,2-7H2,1H3,(H,17,18). The zero-order valence-corrected chi connectivity index (χ0v) is 11.1. The number of carboxylic acid groups (broad SMARTS) is 1. The molecule has 2 rings (SSSR count). The lowest BCUT2D eigenvalue weighted by Crippen LogP contribution is -2.31. The zero-order valence-electron chi connectivity index (χ0n) is 11.1. The van der Waals surface area contributed by atoms with Crippen molar-refractivity contribution in [2.75, 3.05) is 18.1 Å². The monoisotopic (exact) mass is 265 g/mol. The summed E-state index contributed by atoms with van der Waals surface area (Å²) in [6, 6.07) is 1.81. The molecule has 6 heteroatoms. The molecule has 19 heavy (non-hydrogen) atoms. The van der Waals surface area contributed by atoms with Crippen molar-refractivity contribution >= 4 is 11.8 Å². The van der Waals surface area contributed by atoms with Gasteiger partial charge in [0.1, 0.15) is 12.1 Å². The predicted octanol–water partition coefficient (Wildman–Crippen LogP) is 1.71. The van der Waals surface area contributed by atoms with Crippen molar-refractivity contribution in [3.8, 4) is 5.88 Å². The Morgan fingerprint density at radius 2 is 2.42 bits per heavy atom. The molecule has 1 N–H and O–H groups in total. The number of nitrogens with zero attached hydrogens (tertiary/aromatic N) is 3. The van der Waals surface area contributed by atoms with Crippen molar-refractivity contribution in [3.63, 3.8) is 0 Å². The fourth-order valence-electron chi connectivity index (χ4n) is 2.32. The van der Waals surface area contributed by atoms with Gasteiger partial charge in [-0.25, -0.2) is 9.97 Å². The van der Waals surface area contributed by atoms with Crippen LogP contribution in [0.5, 0.6) is 5.88 Å². The maximum atomic E-state index is 10.9. The van der Waals surface area contributed by atoms with Crippen LogP contribution in [-0.4, -0.2) is 40.2 Å². The normalized spacial score (nSPS) is 18.6. The molecule has 0 spiro atoms. The van der Waals surface area contributed by atoms with Crippen LogP contribution in [0, 0.1) is 0 Å². The van der Waals surface area contributed by atoms with E-state index in [1.807, 2.05) is 11.8 Å². The summed E-state index contributed by atoms with van der Waals surface area (Å²) in [6.07, 6.45) is 4.42. The van der Waals surface area contributed by atoms with Gasteiger partial charge in [-0.15, -0.1) is 0 Å². The van der Waals surface area contributed by atoms with Crippen LogP contribution in [0.2, 0.25) is 0 Å². The first-order chi connectivity index (χ1) is 9.20. The molecule has 1 fully saturated rings. The van der Waals surface area contributed by atoms with E-state index >= 15 is 0 Å². The Balaban J connectivity index is 2.09. The average molecular weight is 265 g/mol. The quantitative estimate of drug-likeness (QED) is 0.844. The summed E-state index contributed by atoms with van der Waals surface area (Å²) in [4.78, 5) is 21.2. The molecule has 0 radical (unpaired) electrons. The van der Waals surface area contributed by atoms with Gasteiger partial charge in [0, 0.05) is 18.7 Å². The number of carbonyl (C=O) groups is 1. The predicted molar refractivity (Wildman–Crippen MR) is 70.4 cm³/mol. The summed E-state index contributed by atoms with van der Waals surface area (Å²) in [7, 11) is 0. The minimum atomic E-state index is -0.770. The Hall–Kier alpha value is -1.85. The van der Waals surface area contributed by atoms with E-state index in [0.29, 0.717) is 12.5 Å². The van der Waals surface area contributed by atoms with Crippen LogP contribution in [0.15, 0.2) is 12.4 Å². The molecule has 0 aliphatic carbocycles. The topological polar surface area (TPSA) is 75.5 Å². The minimum Gasteiger partial charge on any atom is -0.481 e. The van der Waals surface area contributed by atoms with Gasteiger partial charge in [-0.3, -0.25) is 4.79 Å². The van der Waals surface area contributed by atoms with Gasteiger partial charge in [0.2, 0.25) is 5.88 Å². The van der Waals surface area contributed by atoms with Gasteiger partial charge < -0.3 is 14.7 Å². The largest absolute Gasteiger partial charge is 0.481 e. The van der Waals surface area contributed by atoms with Gasteiger partial charge in [0.25, 0.3) is 0 Å². The van der Waals surface area contributed by atoms with Crippen LogP contribution in [0.3, 0.4) is 0 Å². The van der Waals surface area contributed by atoms with Gasteiger partial charge in [-0.1, -0.05) is 6.92 Å². The lowest BCUT2D eigenvalue weighted by molar-refractivity contribution is -0.137. The molecule has 1 aromatic heterocycles. The molecule has 6 nitrogen and oxygen atoms in total. The van der Waals surface area contributed by atoms with E-state index < -0.39 is 5.97 Å². The van der Waals surface area contributed by atoms with Gasteiger partial charge in [-0.05, 0) is 19.3 Å². The average Bonchev–Trinajstić information content (AvgIpc) is 2.84. The number of hydrogen-bond donors (Lipinski definition) is 1. The Morgan fingerprint density at radius 1 is 1.58 bits per heavy atom. The highest BCUT2D eigenvalue weighted by Crippen LogP contribution is 2.27. The fraction of sp³-hybridized carbons (Fsp3) is 0.615. The second-order valence-corrected chi connectivity index (χ2v) is 4.65. The fourth-order valence-corrected chi connectivity index (χ4v) is 2.32. The number of rotatable bonds is 6. The van der Waals surface area contributed by atoms with Crippen LogP contribution in [0.4, 0.5) is 5.82 Å². The van der Waals surface area contributed by atoms with Crippen molar-refractivity contribution in [2.45, 2.75) is 38.6 Å². The minimum absolute atomic E-state index is 0.0198. The van der Waals surface area contributed by atoms with E-state index in [-0.39, 0.29) is 12.5 Å². The third-order valence-electron chi connectivity index (χ3n) is 3.16. The second-order valence-electron chi connectivity index (χ2n) is 4.65. The van der Waals surface area contributed by atoms with Gasteiger partial charge in [-0.2, -0.15) is 0 Å². The summed E-state index contributed by atoms with van der Waals surface area (Å²) in [5, 5.41) is 8.93. The Labute approximate surface area is 112 Å². The molecular weight excluding hydrogens is 246 g/mol. The summed E-state index contributed by atoms with van der Waals surface area (Å²) >= 11 is 0. The SMILES string of the molecule is CCCOc1cc(N2CCCC2CC(=O)O)ncn1. The smallest absolute Gasteiger partial charge is 0.305 e. The number of aromatic nitrogens is 2. The maximum absolute atomic E-state index is 10.9. The molecule has 1 unspecified atom stereocenters. The highest BCUT2D eigenvalue weighted by molar-refractivity contribution is 5.68. The molecule has 104 valence electrons. The maximum Gasteiger partial charge on any atom is 0.305 e. The Kier molecular flexibility index (Phi) is 4.54. The molecule has 1 aromatic rings. The van der Waals surface area contributed by atoms with Gasteiger partial charge >= 0.3 is 5.97 Å². The third-order valence-corrected chi connectivity index (χ3v) is 3.16. The molecule has 2 heterocycles. The summed E-state index contributed by atoms with van der Waals surface area (Å²) in [5.41, 5.74) is 0. The van der Waals surface area contributed by atoms with E-state index in [0.717, 1.165) is 31.6 Å². The summed E-state index contributed by atoms with van der Waals surface area (Å²) in [6.45, 7) is 3.49. The van der Waals surface area contributed by atoms with Gasteiger partial charge in [0.05, 0.1) is 13.0 Å². The van der Waals surface area contributed by atoms with Crippen LogP contribution in [-0.2, 0) is 4.79 Å². The van der Waals surface area contributed by atoms with Crippen molar-refractivity contribution in [2.24, 2.45) is 0 Å². The number of anilines is 1. The van der Waals surface area contributed by atoms with E-state index in [9.17, 15) is 4.79 Å². The third kappa shape index (κ3) is 3.56. The molecule has 1 saturated heterocycles. The molecule has 0 saturated carbocycles. The van der Waals surface area contributed by atoms with E-state index in [1.165, 1.54) is 6.33 Å². The molecule has 1 aliphatic rings. The number of hydrogen-bond acceptors (Lipinski definition) is 5. The first-order valence-corrected chi connectivity index (χ1v) is 6.64. The van der Waals surface area contributed by atoms with Gasteiger partial charge in [0.15, 0.2) is 0 Å². The Bertz CT molecular complexity index is 439. The lowest BCUT2D eigenvalue weighted by Gasteiger charge is -2.24. The molecule has 0 amide bonds. The van der Waals surface area contributed by atoms with Crippen LogP contribution < -0.4 is 9.64 Å². The summed E-state index contributed by atoms with van der Waals surface area (Å²) < 4.78 is 5.48. The highest BCUT2D eigenvalue weighted by Gasteiger charge is 2.27. The number of carboxylic acids is 1. The molecule has 0 aromatic carbocycles. The van der Waals surface area contributed by atoms with E-state index in [1.54, 1.807) is 6.07 Å². The zero-order chi connectivity index (χ0) is 13.7. The molecule has 1 aliphatic heterocycles. The number of aliphatic carboxylic acids is 1. The van der Waals surface area contributed by atoms with Crippen LogP contribution in [0.25, 0.3) is 0 Å². The van der Waals surface area contributed by atoms with E-state index in [4.69, 9.17) is 9.84 Å². The Morgan fingerprint density at radius 3 is 3.16 bits per heavy atom. The highest BCUT2D eigenvalue weighted by atomic mass is 16.5. The van der Waals surface area contributed by atoms with Crippen molar-refractivity contribution in [1.82, 2.24) is 9.97 Å². The second kappa shape index (κ2) is 6.36. The molecule has 1 atom stereocenters. The number of ether oxygens (including phenoxy) is 1. The first kappa shape index (κ1) is 13.6. The first-order valence-electron chi connectivity index (χ1n) is 6.64. The molecular formula is C13H19N3O3. The molecule has 0 bridgehead atoms. The van der Waals surface area contributed by atoms with Crippen LogP contribution >= 0.6 is 0 Å². The van der Waals surface area contributed by atoms with Crippen molar-refractivity contribution in [1.29, 1.82) is 0 Å². The van der Waals surface area contributed by atoms with Crippen molar-refractivity contribution < 1.29 is 14.6 Å². The lowest BCUT2D eigenvalue weighted by atomic mass is 10.1. The summed E-state index contributed by atoms with van der Waals surface area (Å²) in [5.74, 6) is 0.533. The van der Waals surface area contributed by atoms with Crippen molar-refractivity contribution in [3.05, 3.63) is 12.4 Å². The van der Waals surface area contributed by atoms with Crippen LogP contribution in [0.1, 0.15) is 32.6 Å².